The first-order valence-corrected chi connectivity index (χ1v) is 4.90. The first kappa shape index (κ1) is 11.3. The Bertz CT molecular complexity index is 369. The van der Waals surface area contributed by atoms with Gasteiger partial charge in [-0.3, -0.25) is 0 Å². The largest absolute Gasteiger partial charge is 0.497 e. The minimum absolute atomic E-state index is 0.865. The molecular formula is C14H16O. The third-order valence-corrected chi connectivity index (χ3v) is 2.06. The molecule has 78 valence electrons. The normalized spacial score (nSPS) is 11.1. The number of hydrogen-bond donors (Lipinski definition) is 0. The highest BCUT2D eigenvalue weighted by Crippen LogP contribution is 2.17. The van der Waals surface area contributed by atoms with Crippen LogP contribution in [0.5, 0.6) is 5.75 Å². The molecule has 1 nitrogen and oxygen atoms in total. The second-order valence-corrected chi connectivity index (χ2v) is 3.14. The Hall–Kier alpha value is -1.76. The van der Waals surface area contributed by atoms with Crippen LogP contribution < -0.4 is 4.74 Å². The van der Waals surface area contributed by atoms with Crippen LogP contribution in [0.4, 0.5) is 0 Å². The zero-order valence-corrected chi connectivity index (χ0v) is 9.23. The minimum atomic E-state index is 0.865. The first-order valence-electron chi connectivity index (χ1n) is 4.90. The maximum Gasteiger partial charge on any atom is 0.118 e. The molecule has 0 unspecified atom stereocenters. The van der Waals surface area contributed by atoms with Crippen molar-refractivity contribution >= 4 is 5.57 Å². The van der Waals surface area contributed by atoms with Gasteiger partial charge in [-0.1, -0.05) is 43.0 Å². The van der Waals surface area contributed by atoms with Gasteiger partial charge in [-0.05, 0) is 30.2 Å². The highest BCUT2D eigenvalue weighted by molar-refractivity contribution is 5.72. The standard InChI is InChI=1S/C14H16O/c1-4-5-6-7-12(2)13-8-10-14(15-3)11-9-13/h4-11H,2H2,1,3H3/b5-4-,7-6-. The van der Waals surface area contributed by atoms with Gasteiger partial charge in [0, 0.05) is 0 Å². The molecular weight excluding hydrogens is 184 g/mol. The Morgan fingerprint density at radius 3 is 2.40 bits per heavy atom. The van der Waals surface area contributed by atoms with Crippen LogP contribution in [0.15, 0.2) is 55.1 Å². The molecule has 0 aliphatic heterocycles. The molecule has 1 heteroatoms. The summed E-state index contributed by atoms with van der Waals surface area (Å²) < 4.78 is 5.09. The molecule has 0 aromatic heterocycles. The van der Waals surface area contributed by atoms with E-state index in [9.17, 15) is 0 Å². The topological polar surface area (TPSA) is 9.23 Å². The molecule has 0 radical (unpaired) electrons. The van der Waals surface area contributed by atoms with E-state index in [0.29, 0.717) is 0 Å². The average Bonchev–Trinajstić information content (AvgIpc) is 2.29. The molecule has 0 atom stereocenters. The van der Waals surface area contributed by atoms with Gasteiger partial charge in [0.1, 0.15) is 5.75 Å². The van der Waals surface area contributed by atoms with Crippen molar-refractivity contribution in [3.05, 3.63) is 60.7 Å². The Labute approximate surface area is 91.4 Å². The van der Waals surface area contributed by atoms with Crippen LogP contribution in [0.3, 0.4) is 0 Å². The van der Waals surface area contributed by atoms with Crippen LogP contribution in [-0.2, 0) is 0 Å². The van der Waals surface area contributed by atoms with E-state index >= 15 is 0 Å². The Morgan fingerprint density at radius 1 is 1.20 bits per heavy atom. The molecule has 0 aliphatic carbocycles. The van der Waals surface area contributed by atoms with E-state index in [1.165, 1.54) is 0 Å². The van der Waals surface area contributed by atoms with Crippen molar-refractivity contribution in [3.8, 4) is 5.75 Å². The van der Waals surface area contributed by atoms with Gasteiger partial charge in [0.05, 0.1) is 7.11 Å². The molecule has 0 heterocycles. The summed E-state index contributed by atoms with van der Waals surface area (Å²) in [4.78, 5) is 0. The van der Waals surface area contributed by atoms with E-state index in [0.717, 1.165) is 16.9 Å². The molecule has 0 amide bonds. The summed E-state index contributed by atoms with van der Waals surface area (Å²) in [6, 6.07) is 7.87. The van der Waals surface area contributed by atoms with Gasteiger partial charge < -0.3 is 4.74 Å². The van der Waals surface area contributed by atoms with Gasteiger partial charge in [0.2, 0.25) is 0 Å². The predicted octanol–water partition coefficient (Wildman–Crippen LogP) is 3.84. The Balaban J connectivity index is 2.74. The van der Waals surface area contributed by atoms with Crippen LogP contribution in [0.25, 0.3) is 5.57 Å². The molecule has 1 aromatic rings. The van der Waals surface area contributed by atoms with Crippen molar-refractivity contribution in [1.82, 2.24) is 0 Å². The van der Waals surface area contributed by atoms with Gasteiger partial charge in [-0.25, -0.2) is 0 Å². The summed E-state index contributed by atoms with van der Waals surface area (Å²) in [6.07, 6.45) is 7.93. The number of rotatable bonds is 4. The van der Waals surface area contributed by atoms with Crippen molar-refractivity contribution in [2.24, 2.45) is 0 Å². The summed E-state index contributed by atoms with van der Waals surface area (Å²) in [7, 11) is 1.66. The fourth-order valence-corrected chi connectivity index (χ4v) is 1.18. The number of ether oxygens (including phenoxy) is 1. The third kappa shape index (κ3) is 3.47. The fourth-order valence-electron chi connectivity index (χ4n) is 1.18. The maximum absolute atomic E-state index is 5.09. The maximum atomic E-state index is 5.09. The van der Waals surface area contributed by atoms with Gasteiger partial charge in [-0.15, -0.1) is 0 Å². The molecule has 15 heavy (non-hydrogen) atoms. The zero-order chi connectivity index (χ0) is 11.1. The lowest BCUT2D eigenvalue weighted by Crippen LogP contribution is -1.83. The van der Waals surface area contributed by atoms with Crippen LogP contribution in [-0.4, -0.2) is 7.11 Å². The number of benzene rings is 1. The fraction of sp³-hybridized carbons (Fsp3) is 0.143. The van der Waals surface area contributed by atoms with E-state index < -0.39 is 0 Å². The summed E-state index contributed by atoms with van der Waals surface area (Å²) in [5.41, 5.74) is 2.10. The lowest BCUT2D eigenvalue weighted by molar-refractivity contribution is 0.415. The number of allylic oxidation sites excluding steroid dienone is 5. The smallest absolute Gasteiger partial charge is 0.118 e. The van der Waals surface area contributed by atoms with E-state index in [-0.39, 0.29) is 0 Å². The quantitative estimate of drug-likeness (QED) is 0.671. The molecule has 0 saturated heterocycles. The van der Waals surface area contributed by atoms with Crippen LogP contribution in [0, 0.1) is 0 Å². The van der Waals surface area contributed by atoms with Gasteiger partial charge in [0.15, 0.2) is 0 Å². The minimum Gasteiger partial charge on any atom is -0.497 e. The van der Waals surface area contributed by atoms with Crippen molar-refractivity contribution < 1.29 is 4.74 Å². The van der Waals surface area contributed by atoms with Gasteiger partial charge in [-0.2, -0.15) is 0 Å². The highest BCUT2D eigenvalue weighted by Gasteiger charge is 1.95. The Kier molecular flexibility index (Phi) is 4.42. The third-order valence-electron chi connectivity index (χ3n) is 2.06. The predicted molar refractivity (Wildman–Crippen MR) is 66.0 cm³/mol. The first-order chi connectivity index (χ1) is 7.27. The monoisotopic (exact) mass is 200 g/mol. The lowest BCUT2D eigenvalue weighted by Gasteiger charge is -2.02. The van der Waals surface area contributed by atoms with Crippen LogP contribution >= 0.6 is 0 Å². The number of hydrogen-bond acceptors (Lipinski definition) is 1. The summed E-state index contributed by atoms with van der Waals surface area (Å²) in [6.45, 7) is 5.98. The average molecular weight is 200 g/mol. The van der Waals surface area contributed by atoms with E-state index in [2.05, 4.69) is 6.58 Å². The van der Waals surface area contributed by atoms with Crippen molar-refractivity contribution in [1.29, 1.82) is 0 Å². The zero-order valence-electron chi connectivity index (χ0n) is 9.23. The highest BCUT2D eigenvalue weighted by atomic mass is 16.5. The van der Waals surface area contributed by atoms with Crippen LogP contribution in [0.1, 0.15) is 12.5 Å². The number of methoxy groups -OCH3 is 1. The van der Waals surface area contributed by atoms with Crippen molar-refractivity contribution in [2.75, 3.05) is 7.11 Å². The van der Waals surface area contributed by atoms with Crippen molar-refractivity contribution in [2.45, 2.75) is 6.92 Å². The summed E-state index contributed by atoms with van der Waals surface area (Å²) in [5, 5.41) is 0. The van der Waals surface area contributed by atoms with Crippen LogP contribution in [0.2, 0.25) is 0 Å². The SMILES string of the molecule is C=C(/C=C\C=C/C)c1ccc(OC)cc1. The van der Waals surface area contributed by atoms with Gasteiger partial charge >= 0.3 is 0 Å². The van der Waals surface area contributed by atoms with Crippen molar-refractivity contribution in [3.63, 3.8) is 0 Å². The van der Waals surface area contributed by atoms with E-state index in [4.69, 9.17) is 4.74 Å². The molecule has 0 bridgehead atoms. The lowest BCUT2D eigenvalue weighted by atomic mass is 10.1. The molecule has 1 rings (SSSR count). The molecule has 0 N–H and O–H groups in total. The van der Waals surface area contributed by atoms with E-state index in [1.807, 2.05) is 55.5 Å². The summed E-state index contributed by atoms with van der Waals surface area (Å²) >= 11 is 0. The molecule has 0 aliphatic rings. The second-order valence-electron chi connectivity index (χ2n) is 3.14. The van der Waals surface area contributed by atoms with Gasteiger partial charge in [0.25, 0.3) is 0 Å². The molecule has 0 saturated carbocycles. The molecule has 1 aromatic carbocycles. The summed E-state index contributed by atoms with van der Waals surface area (Å²) in [5.74, 6) is 0.865. The molecule has 0 fully saturated rings. The Morgan fingerprint density at radius 2 is 1.87 bits per heavy atom. The van der Waals surface area contributed by atoms with E-state index in [1.54, 1.807) is 7.11 Å². The second kappa shape index (κ2) is 5.86. The molecule has 0 spiro atoms.